The van der Waals surface area contributed by atoms with Gasteiger partial charge in [-0.05, 0) is 43.2 Å². The van der Waals surface area contributed by atoms with Crippen molar-refractivity contribution in [1.82, 2.24) is 4.57 Å². The van der Waals surface area contributed by atoms with E-state index >= 15 is 0 Å². The van der Waals surface area contributed by atoms with Crippen LogP contribution in [0.4, 0.5) is 8.78 Å². The van der Waals surface area contributed by atoms with Crippen LogP contribution in [-0.4, -0.2) is 38.0 Å². The molecular formula is C28H28F2N2O6S. The van der Waals surface area contributed by atoms with E-state index in [0.29, 0.717) is 38.3 Å². The molecule has 0 spiro atoms. The maximum Gasteiger partial charge on any atom is 0.387 e. The molecule has 0 fully saturated rings. The fraction of sp³-hybridized carbons (Fsp3) is 0.321. The number of carbonyl (C=O) groups excluding carboxylic acids is 1. The molecule has 206 valence electrons. The number of allylic oxidation sites excluding steroid dienone is 1. The standard InChI is InChI=1S/C28H28F2N2O6S/c1-5-9-18-23(26(34)37-6-2)24(17-10-7-8-11-19(17)35-3)32-25(33)22(39-28(32)31-18)15-16-12-13-20(38-27(29)30)21(14-16)36-4/h7-8,10-15,24,27H,5-6,9H2,1-4H3/b22-15+/t24-/m0/s1. The first-order chi connectivity index (χ1) is 18.8. The molecular weight excluding hydrogens is 530 g/mol. The van der Waals surface area contributed by atoms with Gasteiger partial charge >= 0.3 is 12.6 Å². The molecule has 0 N–H and O–H groups in total. The SMILES string of the molecule is CCCC1=C(C(=O)OCC)[C@H](c2ccccc2OC)n2c(s/c(=C/c3ccc(OC(F)F)c(OC)c3)c2=O)=N1. The average Bonchev–Trinajstić information content (AvgIpc) is 3.23. The molecule has 0 radical (unpaired) electrons. The van der Waals surface area contributed by atoms with Gasteiger partial charge < -0.3 is 18.9 Å². The van der Waals surface area contributed by atoms with Gasteiger partial charge in [-0.25, -0.2) is 9.79 Å². The fourth-order valence-corrected chi connectivity index (χ4v) is 5.45. The molecule has 0 saturated carbocycles. The lowest BCUT2D eigenvalue weighted by molar-refractivity contribution is -0.139. The zero-order chi connectivity index (χ0) is 28.1. The first kappa shape index (κ1) is 28.0. The minimum absolute atomic E-state index is 0.0959. The fourth-order valence-electron chi connectivity index (χ4n) is 4.43. The zero-order valence-corrected chi connectivity index (χ0v) is 22.7. The van der Waals surface area contributed by atoms with Crippen molar-refractivity contribution in [3.8, 4) is 17.2 Å². The number of carbonyl (C=O) groups is 1. The largest absolute Gasteiger partial charge is 0.496 e. The van der Waals surface area contributed by atoms with Crippen LogP contribution in [0.15, 0.2) is 63.5 Å². The number of hydrogen-bond acceptors (Lipinski definition) is 8. The number of aromatic nitrogens is 1. The van der Waals surface area contributed by atoms with Gasteiger partial charge in [-0.1, -0.05) is 48.9 Å². The second-order valence-corrected chi connectivity index (χ2v) is 9.45. The van der Waals surface area contributed by atoms with Crippen molar-refractivity contribution in [2.75, 3.05) is 20.8 Å². The molecule has 0 bridgehead atoms. The summed E-state index contributed by atoms with van der Waals surface area (Å²) in [5.74, 6) is -0.0608. The van der Waals surface area contributed by atoms with Crippen molar-refractivity contribution < 1.29 is 32.5 Å². The number of hydrogen-bond donors (Lipinski definition) is 0. The lowest BCUT2D eigenvalue weighted by Crippen LogP contribution is -2.40. The summed E-state index contributed by atoms with van der Waals surface area (Å²) < 4.78 is 48.0. The quantitative estimate of drug-likeness (QED) is 0.347. The number of esters is 1. The van der Waals surface area contributed by atoms with Gasteiger partial charge in [-0.3, -0.25) is 9.36 Å². The number of methoxy groups -OCH3 is 2. The Morgan fingerprint density at radius 1 is 1.10 bits per heavy atom. The predicted molar refractivity (Wildman–Crippen MR) is 142 cm³/mol. The predicted octanol–water partition coefficient (Wildman–Crippen LogP) is 4.20. The van der Waals surface area contributed by atoms with Gasteiger partial charge in [0.1, 0.15) is 11.8 Å². The monoisotopic (exact) mass is 558 g/mol. The molecule has 4 rings (SSSR count). The summed E-state index contributed by atoms with van der Waals surface area (Å²) in [6.45, 7) is 0.858. The highest BCUT2D eigenvalue weighted by atomic mass is 32.1. The smallest absolute Gasteiger partial charge is 0.387 e. The molecule has 1 aliphatic rings. The van der Waals surface area contributed by atoms with Crippen molar-refractivity contribution in [3.63, 3.8) is 0 Å². The molecule has 8 nitrogen and oxygen atoms in total. The van der Waals surface area contributed by atoms with Gasteiger partial charge in [0.2, 0.25) is 0 Å². The third kappa shape index (κ3) is 5.73. The number of fused-ring (bicyclic) bond motifs is 1. The van der Waals surface area contributed by atoms with Crippen molar-refractivity contribution in [3.05, 3.63) is 84.5 Å². The molecule has 11 heteroatoms. The Morgan fingerprint density at radius 2 is 1.85 bits per heavy atom. The van der Waals surface area contributed by atoms with Gasteiger partial charge in [-0.15, -0.1) is 0 Å². The van der Waals surface area contributed by atoms with Gasteiger partial charge in [-0.2, -0.15) is 8.78 Å². The van der Waals surface area contributed by atoms with Crippen LogP contribution in [0, 0.1) is 0 Å². The topological polar surface area (TPSA) is 88.4 Å². The number of para-hydroxylation sites is 1. The van der Waals surface area contributed by atoms with Crippen LogP contribution in [0.5, 0.6) is 17.2 Å². The van der Waals surface area contributed by atoms with E-state index in [1.54, 1.807) is 25.1 Å². The Morgan fingerprint density at radius 3 is 2.51 bits per heavy atom. The van der Waals surface area contributed by atoms with Gasteiger partial charge in [0.15, 0.2) is 16.3 Å². The molecule has 3 aromatic rings. The lowest BCUT2D eigenvalue weighted by Gasteiger charge is -2.26. The molecule has 1 aromatic heterocycles. The zero-order valence-electron chi connectivity index (χ0n) is 21.9. The van der Waals surface area contributed by atoms with Gasteiger partial charge in [0, 0.05) is 5.56 Å². The van der Waals surface area contributed by atoms with Crippen LogP contribution in [0.2, 0.25) is 0 Å². The normalized spacial score (nSPS) is 15.2. The minimum Gasteiger partial charge on any atom is -0.496 e. The second kappa shape index (κ2) is 12.2. The first-order valence-corrected chi connectivity index (χ1v) is 13.1. The maximum atomic E-state index is 13.9. The summed E-state index contributed by atoms with van der Waals surface area (Å²) in [7, 11) is 2.86. The van der Waals surface area contributed by atoms with Crippen LogP contribution in [-0.2, 0) is 9.53 Å². The van der Waals surface area contributed by atoms with E-state index in [1.165, 1.54) is 30.9 Å². The Bertz CT molecular complexity index is 1580. The summed E-state index contributed by atoms with van der Waals surface area (Å²) in [6.07, 6.45) is 2.85. The number of ether oxygens (including phenoxy) is 4. The number of benzene rings is 2. The minimum atomic E-state index is -3.01. The number of nitrogens with zero attached hydrogens (tertiary/aromatic N) is 2. The van der Waals surface area contributed by atoms with E-state index in [1.807, 2.05) is 25.1 Å². The maximum absolute atomic E-state index is 13.9. The van der Waals surface area contributed by atoms with E-state index < -0.39 is 18.6 Å². The second-order valence-electron chi connectivity index (χ2n) is 8.44. The molecule has 0 unspecified atom stereocenters. The van der Waals surface area contributed by atoms with E-state index in [4.69, 9.17) is 19.2 Å². The van der Waals surface area contributed by atoms with Crippen LogP contribution in [0.3, 0.4) is 0 Å². The van der Waals surface area contributed by atoms with Crippen LogP contribution >= 0.6 is 11.3 Å². The Labute approximate surface area is 227 Å². The molecule has 2 aromatic carbocycles. The lowest BCUT2D eigenvalue weighted by atomic mass is 9.93. The van der Waals surface area contributed by atoms with Gasteiger partial charge in [0.05, 0.1) is 36.6 Å². The summed E-state index contributed by atoms with van der Waals surface area (Å²) in [5, 5.41) is 0. The highest BCUT2D eigenvalue weighted by molar-refractivity contribution is 7.07. The number of alkyl halides is 2. The molecule has 1 aliphatic heterocycles. The average molecular weight is 559 g/mol. The van der Waals surface area contributed by atoms with Gasteiger partial charge in [0.25, 0.3) is 5.56 Å². The number of thiazole rings is 1. The Balaban J connectivity index is 1.96. The third-order valence-electron chi connectivity index (χ3n) is 6.03. The van der Waals surface area contributed by atoms with E-state index in [9.17, 15) is 18.4 Å². The summed E-state index contributed by atoms with van der Waals surface area (Å²) in [6, 6.07) is 10.8. The van der Waals surface area contributed by atoms with E-state index in [-0.39, 0.29) is 29.2 Å². The van der Waals surface area contributed by atoms with Crippen molar-refractivity contribution in [2.45, 2.75) is 39.3 Å². The van der Waals surface area contributed by atoms with Crippen molar-refractivity contribution >= 4 is 23.4 Å². The van der Waals surface area contributed by atoms with Crippen LogP contribution in [0.25, 0.3) is 6.08 Å². The van der Waals surface area contributed by atoms with Crippen molar-refractivity contribution in [1.29, 1.82) is 0 Å². The Hall–Kier alpha value is -3.99. The van der Waals surface area contributed by atoms with Crippen LogP contribution in [0.1, 0.15) is 43.9 Å². The molecule has 0 saturated heterocycles. The highest BCUT2D eigenvalue weighted by Crippen LogP contribution is 2.37. The number of halogens is 2. The molecule has 2 heterocycles. The van der Waals surface area contributed by atoms with Crippen LogP contribution < -0.4 is 29.1 Å². The molecule has 0 amide bonds. The van der Waals surface area contributed by atoms with E-state index in [2.05, 4.69) is 4.74 Å². The van der Waals surface area contributed by atoms with Crippen molar-refractivity contribution in [2.24, 2.45) is 4.99 Å². The molecule has 1 atom stereocenters. The van der Waals surface area contributed by atoms with E-state index in [0.717, 1.165) is 17.8 Å². The number of rotatable bonds is 10. The highest BCUT2D eigenvalue weighted by Gasteiger charge is 2.35. The summed E-state index contributed by atoms with van der Waals surface area (Å²) >= 11 is 1.16. The molecule has 0 aliphatic carbocycles. The summed E-state index contributed by atoms with van der Waals surface area (Å²) in [5.41, 5.74) is 1.62. The summed E-state index contributed by atoms with van der Waals surface area (Å²) in [4.78, 5) is 32.3. The third-order valence-corrected chi connectivity index (χ3v) is 7.01. The Kier molecular flexibility index (Phi) is 8.80. The molecule has 39 heavy (non-hydrogen) atoms. The first-order valence-electron chi connectivity index (χ1n) is 12.3.